The molecule has 0 aliphatic carbocycles. The van der Waals surface area contributed by atoms with E-state index < -0.39 is 0 Å². The lowest BCUT2D eigenvalue weighted by Gasteiger charge is -2.14. The van der Waals surface area contributed by atoms with Crippen LogP contribution in [0.3, 0.4) is 0 Å². The van der Waals surface area contributed by atoms with Crippen LogP contribution >= 0.6 is 0 Å². The highest BCUT2D eigenvalue weighted by Crippen LogP contribution is 2.30. The first-order valence-electron chi connectivity index (χ1n) is 7.18. The number of nitrogens with one attached hydrogen (secondary N) is 2. The van der Waals surface area contributed by atoms with E-state index in [-0.39, 0.29) is 11.9 Å². The van der Waals surface area contributed by atoms with E-state index in [1.165, 1.54) is 0 Å². The Hall–Kier alpha value is -1.75. The van der Waals surface area contributed by atoms with Gasteiger partial charge in [0, 0.05) is 11.8 Å². The van der Waals surface area contributed by atoms with E-state index in [4.69, 9.17) is 9.47 Å². The molecule has 0 bridgehead atoms. The Morgan fingerprint density at radius 1 is 1.30 bits per heavy atom. The van der Waals surface area contributed by atoms with Crippen molar-refractivity contribution in [3.05, 3.63) is 18.2 Å². The highest BCUT2D eigenvalue weighted by molar-refractivity contribution is 5.95. The number of amides is 1. The Morgan fingerprint density at radius 3 is 2.70 bits per heavy atom. The molecule has 1 amide bonds. The molecule has 0 aromatic heterocycles. The van der Waals surface area contributed by atoms with E-state index >= 15 is 0 Å². The third-order valence-electron chi connectivity index (χ3n) is 3.19. The SMILES string of the molecule is CCOc1ccc(NC(=O)[C@@H]2CCCN2)cc1OCC. The Morgan fingerprint density at radius 2 is 2.05 bits per heavy atom. The van der Waals surface area contributed by atoms with Crippen molar-refractivity contribution in [3.8, 4) is 11.5 Å². The zero-order valence-corrected chi connectivity index (χ0v) is 12.1. The average Bonchev–Trinajstić information content (AvgIpc) is 2.96. The minimum Gasteiger partial charge on any atom is -0.490 e. The summed E-state index contributed by atoms with van der Waals surface area (Å²) in [7, 11) is 0. The summed E-state index contributed by atoms with van der Waals surface area (Å²) in [5, 5.41) is 6.10. The quantitative estimate of drug-likeness (QED) is 0.837. The summed E-state index contributed by atoms with van der Waals surface area (Å²) < 4.78 is 11.0. The van der Waals surface area contributed by atoms with Crippen molar-refractivity contribution in [2.75, 3.05) is 25.1 Å². The minimum absolute atomic E-state index is 0.00843. The fourth-order valence-electron chi connectivity index (χ4n) is 2.27. The highest BCUT2D eigenvalue weighted by Gasteiger charge is 2.22. The molecule has 1 fully saturated rings. The van der Waals surface area contributed by atoms with Crippen LogP contribution in [0.5, 0.6) is 11.5 Å². The second kappa shape index (κ2) is 7.14. The molecule has 1 aromatic carbocycles. The standard InChI is InChI=1S/C15H22N2O3/c1-3-19-13-8-7-11(10-14(13)20-4-2)17-15(18)12-6-5-9-16-12/h7-8,10,12,16H,3-6,9H2,1-2H3,(H,17,18)/t12-/m0/s1. The molecule has 110 valence electrons. The van der Waals surface area contributed by atoms with Crippen molar-refractivity contribution >= 4 is 11.6 Å². The number of ether oxygens (including phenoxy) is 2. The molecule has 5 heteroatoms. The summed E-state index contributed by atoms with van der Waals surface area (Å²) in [6.45, 7) is 5.89. The van der Waals surface area contributed by atoms with Gasteiger partial charge in [0.1, 0.15) is 0 Å². The van der Waals surface area contributed by atoms with Gasteiger partial charge in [-0.3, -0.25) is 4.79 Å². The van der Waals surface area contributed by atoms with Crippen molar-refractivity contribution in [2.24, 2.45) is 0 Å². The van der Waals surface area contributed by atoms with Gasteiger partial charge in [0.05, 0.1) is 19.3 Å². The zero-order chi connectivity index (χ0) is 14.4. The maximum atomic E-state index is 12.0. The van der Waals surface area contributed by atoms with Gasteiger partial charge in [-0.2, -0.15) is 0 Å². The van der Waals surface area contributed by atoms with E-state index in [9.17, 15) is 4.79 Å². The number of carbonyl (C=O) groups is 1. The van der Waals surface area contributed by atoms with Gasteiger partial charge >= 0.3 is 0 Å². The van der Waals surface area contributed by atoms with Crippen molar-refractivity contribution in [2.45, 2.75) is 32.7 Å². The lowest BCUT2D eigenvalue weighted by Crippen LogP contribution is -2.35. The van der Waals surface area contributed by atoms with Crippen LogP contribution < -0.4 is 20.1 Å². The lowest BCUT2D eigenvalue weighted by atomic mass is 10.2. The maximum Gasteiger partial charge on any atom is 0.241 e. The molecule has 1 heterocycles. The molecule has 20 heavy (non-hydrogen) atoms. The fraction of sp³-hybridized carbons (Fsp3) is 0.533. The molecule has 1 saturated heterocycles. The Balaban J connectivity index is 2.07. The third-order valence-corrected chi connectivity index (χ3v) is 3.19. The number of carbonyl (C=O) groups excluding carboxylic acids is 1. The first-order valence-corrected chi connectivity index (χ1v) is 7.18. The van der Waals surface area contributed by atoms with Crippen LogP contribution in [0.4, 0.5) is 5.69 Å². The van der Waals surface area contributed by atoms with Gasteiger partial charge in [0.15, 0.2) is 11.5 Å². The number of hydrogen-bond acceptors (Lipinski definition) is 4. The molecule has 1 atom stereocenters. The summed E-state index contributed by atoms with van der Waals surface area (Å²) >= 11 is 0. The Kier molecular flexibility index (Phi) is 5.24. The number of rotatable bonds is 6. The zero-order valence-electron chi connectivity index (χ0n) is 12.1. The van der Waals surface area contributed by atoms with Gasteiger partial charge in [-0.25, -0.2) is 0 Å². The van der Waals surface area contributed by atoms with Crippen molar-refractivity contribution < 1.29 is 14.3 Å². The third kappa shape index (κ3) is 3.63. The van der Waals surface area contributed by atoms with Crippen LogP contribution in [0, 0.1) is 0 Å². The Labute approximate surface area is 119 Å². The molecule has 0 unspecified atom stereocenters. The van der Waals surface area contributed by atoms with Crippen LogP contribution in [0.2, 0.25) is 0 Å². The fourth-order valence-corrected chi connectivity index (χ4v) is 2.27. The number of hydrogen-bond donors (Lipinski definition) is 2. The largest absolute Gasteiger partial charge is 0.490 e. The van der Waals surface area contributed by atoms with Gasteiger partial charge in [0.25, 0.3) is 0 Å². The molecular weight excluding hydrogens is 256 g/mol. The van der Waals surface area contributed by atoms with Gasteiger partial charge < -0.3 is 20.1 Å². The van der Waals surface area contributed by atoms with Gasteiger partial charge in [-0.15, -0.1) is 0 Å². The molecule has 1 aromatic rings. The highest BCUT2D eigenvalue weighted by atomic mass is 16.5. The normalized spacial score (nSPS) is 17.8. The first kappa shape index (κ1) is 14.7. The molecule has 1 aliphatic rings. The van der Waals surface area contributed by atoms with Gasteiger partial charge in [-0.1, -0.05) is 0 Å². The maximum absolute atomic E-state index is 12.0. The number of anilines is 1. The summed E-state index contributed by atoms with van der Waals surface area (Å²) in [6, 6.07) is 5.38. The monoisotopic (exact) mass is 278 g/mol. The van der Waals surface area contributed by atoms with Crippen LogP contribution in [0.15, 0.2) is 18.2 Å². The second-order valence-electron chi connectivity index (χ2n) is 4.67. The molecular formula is C15H22N2O3. The molecule has 1 aliphatic heterocycles. The van der Waals surface area contributed by atoms with Crippen LogP contribution in [0.25, 0.3) is 0 Å². The lowest BCUT2D eigenvalue weighted by molar-refractivity contribution is -0.117. The Bertz CT molecular complexity index is 456. The van der Waals surface area contributed by atoms with Crippen LogP contribution in [-0.4, -0.2) is 31.7 Å². The van der Waals surface area contributed by atoms with Gasteiger partial charge in [-0.05, 0) is 45.4 Å². The van der Waals surface area contributed by atoms with Crippen molar-refractivity contribution in [3.63, 3.8) is 0 Å². The van der Waals surface area contributed by atoms with Crippen molar-refractivity contribution in [1.82, 2.24) is 5.32 Å². The molecule has 0 saturated carbocycles. The predicted molar refractivity (Wildman–Crippen MR) is 78.4 cm³/mol. The predicted octanol–water partition coefficient (Wildman–Crippen LogP) is 2.17. The summed E-state index contributed by atoms with van der Waals surface area (Å²) in [5.74, 6) is 1.37. The van der Waals surface area contributed by atoms with E-state index in [2.05, 4.69) is 10.6 Å². The van der Waals surface area contributed by atoms with Crippen LogP contribution in [0.1, 0.15) is 26.7 Å². The molecule has 0 radical (unpaired) electrons. The van der Waals surface area contributed by atoms with Gasteiger partial charge in [0.2, 0.25) is 5.91 Å². The molecule has 2 rings (SSSR count). The summed E-state index contributed by atoms with van der Waals surface area (Å²) in [4.78, 5) is 12.0. The average molecular weight is 278 g/mol. The van der Waals surface area contributed by atoms with E-state index in [0.29, 0.717) is 24.7 Å². The summed E-state index contributed by atoms with van der Waals surface area (Å²) in [6.07, 6.45) is 1.94. The van der Waals surface area contributed by atoms with Crippen molar-refractivity contribution in [1.29, 1.82) is 0 Å². The van der Waals surface area contributed by atoms with E-state index in [1.54, 1.807) is 6.07 Å². The van der Waals surface area contributed by atoms with E-state index in [0.717, 1.165) is 25.1 Å². The second-order valence-corrected chi connectivity index (χ2v) is 4.67. The first-order chi connectivity index (χ1) is 9.74. The smallest absolute Gasteiger partial charge is 0.241 e. The van der Waals surface area contributed by atoms with E-state index in [1.807, 2.05) is 26.0 Å². The number of benzene rings is 1. The van der Waals surface area contributed by atoms with Crippen LogP contribution in [-0.2, 0) is 4.79 Å². The summed E-state index contributed by atoms with van der Waals surface area (Å²) in [5.41, 5.74) is 0.732. The molecule has 0 spiro atoms. The molecule has 5 nitrogen and oxygen atoms in total. The topological polar surface area (TPSA) is 59.6 Å². The molecule has 2 N–H and O–H groups in total. The minimum atomic E-state index is -0.0860.